The fourth-order valence-electron chi connectivity index (χ4n) is 5.03. The van der Waals surface area contributed by atoms with Crippen molar-refractivity contribution in [3.05, 3.63) is 132 Å². The second-order valence-corrected chi connectivity index (χ2v) is 10.3. The Morgan fingerprint density at radius 2 is 1.54 bits per heavy atom. The minimum Gasteiger partial charge on any atom is -0.378 e. The zero-order chi connectivity index (χ0) is 23.8. The Labute approximate surface area is 210 Å². The Morgan fingerprint density at radius 1 is 0.800 bits per heavy atom. The van der Waals surface area contributed by atoms with Gasteiger partial charge in [0.15, 0.2) is 0 Å². The average Bonchev–Trinajstić information content (AvgIpc) is 3.28. The molecule has 0 spiro atoms. The van der Waals surface area contributed by atoms with Gasteiger partial charge in [-0.3, -0.25) is 0 Å². The van der Waals surface area contributed by atoms with E-state index in [0.29, 0.717) is 0 Å². The largest absolute Gasteiger partial charge is 0.378 e. The van der Waals surface area contributed by atoms with Gasteiger partial charge in [0.25, 0.3) is 0 Å². The zero-order valence-electron chi connectivity index (χ0n) is 19.7. The number of hydrogen-bond acceptors (Lipinski definition) is 3. The summed E-state index contributed by atoms with van der Waals surface area (Å²) in [4.78, 5) is 0. The predicted octanol–water partition coefficient (Wildman–Crippen LogP) is 8.29. The molecular formula is C32H28N2S. The Hall–Kier alpha value is -3.66. The van der Waals surface area contributed by atoms with Crippen LogP contribution >= 0.6 is 11.3 Å². The second kappa shape index (κ2) is 9.18. The van der Waals surface area contributed by atoms with E-state index in [-0.39, 0.29) is 18.0 Å². The lowest BCUT2D eigenvalue weighted by Gasteiger charge is -2.29. The maximum Gasteiger partial charge on any atom is 0.0556 e. The molecule has 0 radical (unpaired) electrons. The molecule has 0 aliphatic heterocycles. The van der Waals surface area contributed by atoms with Gasteiger partial charge in [-0.05, 0) is 47.4 Å². The van der Waals surface area contributed by atoms with Crippen molar-refractivity contribution in [2.24, 2.45) is 5.73 Å². The molecule has 0 amide bonds. The predicted molar refractivity (Wildman–Crippen MR) is 152 cm³/mol. The van der Waals surface area contributed by atoms with Gasteiger partial charge in [-0.15, -0.1) is 11.3 Å². The summed E-state index contributed by atoms with van der Waals surface area (Å²) in [5, 5.41) is 6.47. The lowest BCUT2D eigenvalue weighted by Crippen LogP contribution is -2.26. The highest BCUT2D eigenvalue weighted by molar-refractivity contribution is 7.26. The average molecular weight is 473 g/mol. The summed E-state index contributed by atoms with van der Waals surface area (Å²) in [7, 11) is 0. The minimum atomic E-state index is 0.0343. The molecule has 6 rings (SSSR count). The number of rotatable bonds is 5. The van der Waals surface area contributed by atoms with Crippen LogP contribution in [0.3, 0.4) is 0 Å². The number of thiophene rings is 1. The van der Waals surface area contributed by atoms with Crippen molar-refractivity contribution in [3.63, 3.8) is 0 Å². The summed E-state index contributed by atoms with van der Waals surface area (Å²) in [6.45, 7) is 2.02. The van der Waals surface area contributed by atoms with Crippen LogP contribution in [0.5, 0.6) is 0 Å². The molecular weight excluding hydrogens is 444 g/mol. The summed E-state index contributed by atoms with van der Waals surface area (Å²) in [5.74, 6) is 0.245. The molecule has 0 saturated heterocycles. The summed E-state index contributed by atoms with van der Waals surface area (Å²) in [6.07, 6.45) is 7.05. The molecule has 1 aromatic heterocycles. The van der Waals surface area contributed by atoms with Crippen LogP contribution in [0.1, 0.15) is 35.6 Å². The first-order chi connectivity index (χ1) is 17.2. The molecule has 3 heteroatoms. The third kappa shape index (κ3) is 4.18. The van der Waals surface area contributed by atoms with Crippen LogP contribution in [0, 0.1) is 0 Å². The van der Waals surface area contributed by atoms with E-state index in [1.165, 1.54) is 36.9 Å². The van der Waals surface area contributed by atoms with Crippen LogP contribution in [0.15, 0.2) is 115 Å². The Balaban J connectivity index is 1.42. The quantitative estimate of drug-likeness (QED) is 0.270. The first kappa shape index (κ1) is 21.8. The molecule has 1 aliphatic rings. The van der Waals surface area contributed by atoms with E-state index in [0.717, 1.165) is 11.3 Å². The van der Waals surface area contributed by atoms with Gasteiger partial charge in [0.05, 0.1) is 6.04 Å². The summed E-state index contributed by atoms with van der Waals surface area (Å²) < 4.78 is 2.68. The number of nitrogens with two attached hydrogens (primary N) is 1. The lowest BCUT2D eigenvalue weighted by atomic mass is 9.84. The van der Waals surface area contributed by atoms with Gasteiger partial charge in [-0.1, -0.05) is 97.1 Å². The first-order valence-electron chi connectivity index (χ1n) is 12.1. The van der Waals surface area contributed by atoms with Crippen LogP contribution in [-0.2, 0) is 0 Å². The van der Waals surface area contributed by atoms with E-state index in [2.05, 4.69) is 121 Å². The molecule has 1 aliphatic carbocycles. The van der Waals surface area contributed by atoms with Crippen LogP contribution in [0.2, 0.25) is 0 Å². The molecule has 1 heterocycles. The van der Waals surface area contributed by atoms with Crippen molar-refractivity contribution in [3.8, 4) is 0 Å². The minimum absolute atomic E-state index is 0.0343. The van der Waals surface area contributed by atoms with Gasteiger partial charge < -0.3 is 11.1 Å². The number of anilines is 1. The van der Waals surface area contributed by atoms with Crippen molar-refractivity contribution in [1.29, 1.82) is 0 Å². The van der Waals surface area contributed by atoms with E-state index in [1.54, 1.807) is 0 Å². The maximum absolute atomic E-state index is 6.06. The number of nitrogens with one attached hydrogen (secondary N) is 1. The number of fused-ring (bicyclic) bond motifs is 3. The zero-order valence-corrected chi connectivity index (χ0v) is 20.5. The third-order valence-corrected chi connectivity index (χ3v) is 8.12. The van der Waals surface area contributed by atoms with Gasteiger partial charge in [0, 0.05) is 37.8 Å². The fourth-order valence-corrected chi connectivity index (χ4v) is 6.27. The number of hydrogen-bond donors (Lipinski definition) is 2. The molecule has 172 valence electrons. The van der Waals surface area contributed by atoms with Gasteiger partial charge >= 0.3 is 0 Å². The molecule has 2 nitrogen and oxygen atoms in total. The normalized spacial score (nSPS) is 18.5. The summed E-state index contributed by atoms with van der Waals surface area (Å²) in [6, 6.07) is 34.8. The smallest absolute Gasteiger partial charge is 0.0556 e. The van der Waals surface area contributed by atoms with Crippen LogP contribution in [0.25, 0.3) is 25.7 Å². The topological polar surface area (TPSA) is 38.0 Å². The van der Waals surface area contributed by atoms with Crippen LogP contribution < -0.4 is 11.1 Å². The van der Waals surface area contributed by atoms with Crippen molar-refractivity contribution in [2.75, 3.05) is 5.32 Å². The molecule has 3 atom stereocenters. The van der Waals surface area contributed by atoms with E-state index >= 15 is 0 Å². The third-order valence-electron chi connectivity index (χ3n) is 6.90. The highest BCUT2D eigenvalue weighted by Crippen LogP contribution is 2.40. The monoisotopic (exact) mass is 472 g/mol. The lowest BCUT2D eigenvalue weighted by molar-refractivity contribution is 0.758. The Kier molecular flexibility index (Phi) is 5.73. The fraction of sp³-hybridized carbons (Fsp3) is 0.125. The highest BCUT2D eigenvalue weighted by Gasteiger charge is 2.24. The molecule has 3 N–H and O–H groups in total. The van der Waals surface area contributed by atoms with Crippen molar-refractivity contribution >= 4 is 42.8 Å². The van der Waals surface area contributed by atoms with E-state index < -0.39 is 0 Å². The van der Waals surface area contributed by atoms with E-state index in [1.807, 2.05) is 18.3 Å². The molecule has 0 saturated carbocycles. The Bertz CT molecular complexity index is 1540. The SMILES string of the molecule is C[C@@H](N)c1ccc(NC2C=C(c3cccc4c3sc3ccccc34)C=CC2c2ccccc2)cc1. The van der Waals surface area contributed by atoms with Crippen molar-refractivity contribution in [1.82, 2.24) is 0 Å². The van der Waals surface area contributed by atoms with Crippen molar-refractivity contribution in [2.45, 2.75) is 24.9 Å². The van der Waals surface area contributed by atoms with Gasteiger partial charge in [-0.25, -0.2) is 0 Å². The second-order valence-electron chi connectivity index (χ2n) is 9.28. The van der Waals surface area contributed by atoms with Gasteiger partial charge in [0.2, 0.25) is 0 Å². The molecule has 5 aromatic rings. The van der Waals surface area contributed by atoms with E-state index in [9.17, 15) is 0 Å². The van der Waals surface area contributed by atoms with Crippen LogP contribution in [-0.4, -0.2) is 6.04 Å². The summed E-state index contributed by atoms with van der Waals surface area (Å²) in [5.41, 5.74) is 12.2. The highest BCUT2D eigenvalue weighted by atomic mass is 32.1. The van der Waals surface area contributed by atoms with Gasteiger partial charge in [0.1, 0.15) is 0 Å². The van der Waals surface area contributed by atoms with E-state index in [4.69, 9.17) is 5.73 Å². The van der Waals surface area contributed by atoms with Gasteiger partial charge in [-0.2, -0.15) is 0 Å². The number of benzene rings is 4. The summed E-state index contributed by atoms with van der Waals surface area (Å²) >= 11 is 1.88. The molecule has 2 unspecified atom stereocenters. The molecule has 4 aromatic carbocycles. The number of allylic oxidation sites excluding steroid dienone is 2. The van der Waals surface area contributed by atoms with Crippen LogP contribution in [0.4, 0.5) is 5.69 Å². The molecule has 0 fully saturated rings. The standard InChI is InChI=1S/C32H28N2S/c1-21(33)22-14-17-25(18-15-22)34-30-20-24(16-19-26(30)23-8-3-2-4-9-23)27-11-7-12-29-28-10-5-6-13-31(28)35-32(27)29/h2-21,26,30,34H,33H2,1H3/t21-,26?,30?/m1/s1. The Morgan fingerprint density at radius 3 is 2.34 bits per heavy atom. The first-order valence-corrected chi connectivity index (χ1v) is 13.0. The molecule has 35 heavy (non-hydrogen) atoms. The molecule has 0 bridgehead atoms. The van der Waals surface area contributed by atoms with Crippen molar-refractivity contribution < 1.29 is 0 Å². The maximum atomic E-state index is 6.06.